The average molecular weight is 361 g/mol. The number of carbonyl (C=O) groups is 1. The Balaban J connectivity index is 1.66. The molecule has 27 heavy (non-hydrogen) atoms. The highest BCUT2D eigenvalue weighted by Gasteiger charge is 2.27. The van der Waals surface area contributed by atoms with Gasteiger partial charge in [-0.3, -0.25) is 9.59 Å². The summed E-state index contributed by atoms with van der Waals surface area (Å²) in [6.07, 6.45) is 4.82. The van der Waals surface area contributed by atoms with Crippen molar-refractivity contribution in [2.24, 2.45) is 5.92 Å². The van der Waals surface area contributed by atoms with Gasteiger partial charge < -0.3 is 9.88 Å². The van der Waals surface area contributed by atoms with Crippen LogP contribution in [0.15, 0.2) is 53.6 Å². The SMILES string of the molecule is CCCN(CC1CC1)C(=O)c1cccc(-c2ccc3nc[nH]c(=O)c3c2)c1. The van der Waals surface area contributed by atoms with Crippen LogP contribution in [0.2, 0.25) is 0 Å². The summed E-state index contributed by atoms with van der Waals surface area (Å²) in [5, 5.41) is 0.549. The van der Waals surface area contributed by atoms with E-state index in [1.165, 1.54) is 19.2 Å². The molecule has 0 saturated heterocycles. The summed E-state index contributed by atoms with van der Waals surface area (Å²) < 4.78 is 0. The molecule has 1 heterocycles. The summed E-state index contributed by atoms with van der Waals surface area (Å²) in [6, 6.07) is 13.3. The van der Waals surface area contributed by atoms with Crippen LogP contribution in [0.25, 0.3) is 22.0 Å². The van der Waals surface area contributed by atoms with Gasteiger partial charge in [0.2, 0.25) is 0 Å². The molecule has 3 aromatic rings. The molecule has 4 rings (SSSR count). The molecule has 5 nitrogen and oxygen atoms in total. The Morgan fingerprint density at radius 1 is 1.19 bits per heavy atom. The summed E-state index contributed by atoms with van der Waals surface area (Å²) in [5.74, 6) is 0.759. The van der Waals surface area contributed by atoms with E-state index in [1.54, 1.807) is 0 Å². The molecule has 1 saturated carbocycles. The molecular formula is C22H23N3O2. The molecule has 1 aliphatic carbocycles. The number of amides is 1. The van der Waals surface area contributed by atoms with Crippen molar-refractivity contribution in [1.29, 1.82) is 0 Å². The maximum atomic E-state index is 13.0. The van der Waals surface area contributed by atoms with Gasteiger partial charge in [-0.2, -0.15) is 0 Å². The van der Waals surface area contributed by atoms with Crippen molar-refractivity contribution in [2.45, 2.75) is 26.2 Å². The van der Waals surface area contributed by atoms with Crippen LogP contribution in [0.5, 0.6) is 0 Å². The van der Waals surface area contributed by atoms with Gasteiger partial charge in [-0.15, -0.1) is 0 Å². The van der Waals surface area contributed by atoms with E-state index >= 15 is 0 Å². The Kier molecular flexibility index (Phi) is 4.75. The van der Waals surface area contributed by atoms with Crippen LogP contribution in [-0.2, 0) is 0 Å². The first-order valence-electron chi connectivity index (χ1n) is 9.53. The van der Waals surface area contributed by atoms with Crippen LogP contribution in [0.4, 0.5) is 0 Å². The first-order chi connectivity index (χ1) is 13.2. The minimum atomic E-state index is -0.160. The summed E-state index contributed by atoms with van der Waals surface area (Å²) in [6.45, 7) is 3.74. The zero-order valence-electron chi connectivity index (χ0n) is 15.4. The van der Waals surface area contributed by atoms with E-state index in [0.717, 1.165) is 30.6 Å². The van der Waals surface area contributed by atoms with Crippen LogP contribution in [0.3, 0.4) is 0 Å². The number of nitrogens with zero attached hydrogens (tertiary/aromatic N) is 2. The largest absolute Gasteiger partial charge is 0.338 e. The van der Waals surface area contributed by atoms with E-state index in [9.17, 15) is 9.59 Å². The molecule has 0 aliphatic heterocycles. The minimum Gasteiger partial charge on any atom is -0.338 e. The monoisotopic (exact) mass is 361 g/mol. The second-order valence-electron chi connectivity index (χ2n) is 7.24. The molecule has 0 spiro atoms. The fraction of sp³-hybridized carbons (Fsp3) is 0.318. The third-order valence-electron chi connectivity index (χ3n) is 5.04. The number of nitrogens with one attached hydrogen (secondary N) is 1. The smallest absolute Gasteiger partial charge is 0.258 e. The molecule has 1 N–H and O–H groups in total. The Hall–Kier alpha value is -2.95. The molecule has 1 aliphatic rings. The van der Waals surface area contributed by atoms with Gasteiger partial charge in [0.05, 0.1) is 17.2 Å². The zero-order chi connectivity index (χ0) is 18.8. The molecule has 138 valence electrons. The Labute approximate surface area is 158 Å². The van der Waals surface area contributed by atoms with Crippen molar-refractivity contribution >= 4 is 16.8 Å². The van der Waals surface area contributed by atoms with Gasteiger partial charge in [-0.1, -0.05) is 25.1 Å². The van der Waals surface area contributed by atoms with E-state index in [0.29, 0.717) is 22.4 Å². The minimum absolute atomic E-state index is 0.0888. The lowest BCUT2D eigenvalue weighted by Gasteiger charge is -2.22. The van der Waals surface area contributed by atoms with Gasteiger partial charge in [0.1, 0.15) is 0 Å². The molecule has 1 amide bonds. The standard InChI is InChI=1S/C22H23N3O2/c1-2-10-25(13-15-6-7-15)22(27)18-5-3-4-16(11-18)17-8-9-20-19(12-17)21(26)24-14-23-20/h3-5,8-9,11-12,14-15H,2,6-7,10,13H2,1H3,(H,23,24,26). The van der Waals surface area contributed by atoms with Gasteiger partial charge in [-0.25, -0.2) is 4.98 Å². The number of fused-ring (bicyclic) bond motifs is 1. The third-order valence-corrected chi connectivity index (χ3v) is 5.04. The highest BCUT2D eigenvalue weighted by Crippen LogP contribution is 2.30. The van der Waals surface area contributed by atoms with Crippen molar-refractivity contribution in [1.82, 2.24) is 14.9 Å². The predicted octanol–water partition coefficient (Wildman–Crippen LogP) is 3.85. The molecule has 5 heteroatoms. The second-order valence-corrected chi connectivity index (χ2v) is 7.24. The topological polar surface area (TPSA) is 66.1 Å². The summed E-state index contributed by atoms with van der Waals surface area (Å²) in [5.41, 5.74) is 3.02. The summed E-state index contributed by atoms with van der Waals surface area (Å²) in [4.78, 5) is 33.8. The van der Waals surface area contributed by atoms with E-state index in [2.05, 4.69) is 16.9 Å². The van der Waals surface area contributed by atoms with Crippen molar-refractivity contribution in [3.63, 3.8) is 0 Å². The number of benzene rings is 2. The van der Waals surface area contributed by atoms with Crippen LogP contribution < -0.4 is 5.56 Å². The van der Waals surface area contributed by atoms with Gasteiger partial charge in [-0.05, 0) is 60.6 Å². The molecule has 0 radical (unpaired) electrons. The van der Waals surface area contributed by atoms with Gasteiger partial charge in [0.15, 0.2) is 0 Å². The molecule has 1 fully saturated rings. The maximum absolute atomic E-state index is 13.0. The third kappa shape index (κ3) is 3.77. The van der Waals surface area contributed by atoms with Crippen LogP contribution in [0.1, 0.15) is 36.5 Å². The van der Waals surface area contributed by atoms with Crippen LogP contribution >= 0.6 is 0 Å². The normalized spacial score (nSPS) is 13.7. The second kappa shape index (κ2) is 7.35. The lowest BCUT2D eigenvalue weighted by atomic mass is 10.0. The molecule has 1 aromatic heterocycles. The molecule has 0 unspecified atom stereocenters. The number of carbonyl (C=O) groups excluding carboxylic acids is 1. The fourth-order valence-corrected chi connectivity index (χ4v) is 3.42. The first kappa shape index (κ1) is 17.5. The first-order valence-corrected chi connectivity index (χ1v) is 9.53. The van der Waals surface area contributed by atoms with Gasteiger partial charge >= 0.3 is 0 Å². The summed E-state index contributed by atoms with van der Waals surface area (Å²) in [7, 11) is 0. The van der Waals surface area contributed by atoms with E-state index < -0.39 is 0 Å². The number of H-pyrrole nitrogens is 1. The van der Waals surface area contributed by atoms with Crippen LogP contribution in [0, 0.1) is 5.92 Å². The highest BCUT2D eigenvalue weighted by molar-refractivity contribution is 5.96. The van der Waals surface area contributed by atoms with E-state index in [-0.39, 0.29) is 11.5 Å². The van der Waals surface area contributed by atoms with Crippen LogP contribution in [-0.4, -0.2) is 33.9 Å². The van der Waals surface area contributed by atoms with Gasteiger partial charge in [0, 0.05) is 18.7 Å². The molecule has 2 aromatic carbocycles. The maximum Gasteiger partial charge on any atom is 0.258 e. The lowest BCUT2D eigenvalue weighted by molar-refractivity contribution is 0.0748. The zero-order valence-corrected chi connectivity index (χ0v) is 15.4. The quantitative estimate of drug-likeness (QED) is 0.725. The molecular weight excluding hydrogens is 338 g/mol. The highest BCUT2D eigenvalue weighted by atomic mass is 16.2. The number of aromatic amines is 1. The van der Waals surface area contributed by atoms with Crippen molar-refractivity contribution in [2.75, 3.05) is 13.1 Å². The Bertz CT molecular complexity index is 1040. The number of hydrogen-bond acceptors (Lipinski definition) is 3. The molecule has 0 bridgehead atoms. The molecule has 0 atom stereocenters. The Morgan fingerprint density at radius 2 is 2.00 bits per heavy atom. The van der Waals surface area contributed by atoms with Crippen molar-refractivity contribution < 1.29 is 4.79 Å². The number of rotatable bonds is 6. The van der Waals surface area contributed by atoms with E-state index in [1.807, 2.05) is 47.4 Å². The average Bonchev–Trinajstić information content (AvgIpc) is 3.51. The van der Waals surface area contributed by atoms with E-state index in [4.69, 9.17) is 0 Å². The predicted molar refractivity (Wildman–Crippen MR) is 107 cm³/mol. The Morgan fingerprint density at radius 3 is 2.78 bits per heavy atom. The van der Waals surface area contributed by atoms with Crippen molar-refractivity contribution in [3.05, 3.63) is 64.7 Å². The van der Waals surface area contributed by atoms with Crippen molar-refractivity contribution in [3.8, 4) is 11.1 Å². The number of hydrogen-bond donors (Lipinski definition) is 1. The fourth-order valence-electron chi connectivity index (χ4n) is 3.42. The van der Waals surface area contributed by atoms with Gasteiger partial charge in [0.25, 0.3) is 11.5 Å². The lowest BCUT2D eigenvalue weighted by Crippen LogP contribution is -2.33. The number of aromatic nitrogens is 2. The summed E-state index contributed by atoms with van der Waals surface area (Å²) >= 11 is 0.